The van der Waals surface area contributed by atoms with Gasteiger partial charge in [-0.3, -0.25) is 0 Å². The summed E-state index contributed by atoms with van der Waals surface area (Å²) in [6.45, 7) is 5.37. The fraction of sp³-hybridized carbons (Fsp3) is 0.600. The summed E-state index contributed by atoms with van der Waals surface area (Å²) in [6, 6.07) is 9.59. The zero-order valence-corrected chi connectivity index (χ0v) is 11.4. The Hall–Kier alpha value is -1.10. The maximum atomic E-state index is 9.80. The molecule has 1 aromatic rings. The molecule has 0 radical (unpaired) electrons. The Morgan fingerprint density at radius 1 is 1.21 bits per heavy atom. The van der Waals surface area contributed by atoms with Crippen molar-refractivity contribution >= 4 is 0 Å². The van der Waals surface area contributed by atoms with Gasteiger partial charge >= 0.3 is 0 Å². The van der Waals surface area contributed by atoms with Gasteiger partial charge in [-0.2, -0.15) is 0 Å². The number of benzene rings is 1. The number of rotatable bonds is 8. The van der Waals surface area contributed by atoms with Crippen molar-refractivity contribution in [2.75, 3.05) is 39.3 Å². The first-order valence-electron chi connectivity index (χ1n) is 7.13. The van der Waals surface area contributed by atoms with E-state index in [9.17, 15) is 5.11 Å². The smallest absolute Gasteiger partial charge is 0.119 e. The highest BCUT2D eigenvalue weighted by Gasteiger charge is 2.10. The number of hydrogen-bond acceptors (Lipinski definition) is 4. The van der Waals surface area contributed by atoms with Crippen LogP contribution in [0, 0.1) is 0 Å². The third-order valence-electron chi connectivity index (χ3n) is 3.37. The average Bonchev–Trinajstić information content (AvgIpc) is 2.96. The van der Waals surface area contributed by atoms with Gasteiger partial charge in [-0.25, -0.2) is 0 Å². The minimum Gasteiger partial charge on any atom is -0.491 e. The third kappa shape index (κ3) is 5.59. The van der Waals surface area contributed by atoms with Crippen LogP contribution in [0.4, 0.5) is 0 Å². The fourth-order valence-corrected chi connectivity index (χ4v) is 2.28. The molecule has 106 valence electrons. The van der Waals surface area contributed by atoms with Crippen molar-refractivity contribution in [3.8, 4) is 5.75 Å². The lowest BCUT2D eigenvalue weighted by atomic mass is 10.3. The van der Waals surface area contributed by atoms with Gasteiger partial charge < -0.3 is 20.1 Å². The van der Waals surface area contributed by atoms with Crippen LogP contribution in [0.5, 0.6) is 5.75 Å². The molecule has 1 saturated heterocycles. The second kappa shape index (κ2) is 8.15. The molecular formula is C15H24N2O2. The second-order valence-electron chi connectivity index (χ2n) is 5.03. The summed E-state index contributed by atoms with van der Waals surface area (Å²) in [6.07, 6.45) is 2.19. The molecule has 0 aliphatic carbocycles. The molecular weight excluding hydrogens is 240 g/mol. The Kier molecular flexibility index (Phi) is 6.14. The van der Waals surface area contributed by atoms with Crippen LogP contribution in [-0.2, 0) is 0 Å². The number of para-hydroxylation sites is 1. The van der Waals surface area contributed by atoms with Crippen LogP contribution < -0.4 is 10.1 Å². The first-order chi connectivity index (χ1) is 9.34. The van der Waals surface area contributed by atoms with E-state index in [1.807, 2.05) is 30.3 Å². The van der Waals surface area contributed by atoms with Gasteiger partial charge in [0.15, 0.2) is 0 Å². The summed E-state index contributed by atoms with van der Waals surface area (Å²) in [4.78, 5) is 2.46. The molecule has 1 unspecified atom stereocenters. The van der Waals surface area contributed by atoms with Crippen LogP contribution in [-0.4, -0.2) is 55.4 Å². The molecule has 2 N–H and O–H groups in total. The molecule has 0 amide bonds. The van der Waals surface area contributed by atoms with Crippen molar-refractivity contribution in [2.24, 2.45) is 0 Å². The summed E-state index contributed by atoms with van der Waals surface area (Å²) < 4.78 is 5.50. The van der Waals surface area contributed by atoms with E-state index >= 15 is 0 Å². The molecule has 1 aliphatic heterocycles. The van der Waals surface area contributed by atoms with Crippen molar-refractivity contribution in [1.82, 2.24) is 10.2 Å². The van der Waals surface area contributed by atoms with Crippen LogP contribution in [0.25, 0.3) is 0 Å². The first-order valence-corrected chi connectivity index (χ1v) is 7.13. The number of nitrogens with one attached hydrogen (secondary N) is 1. The van der Waals surface area contributed by atoms with E-state index in [0.717, 1.165) is 18.8 Å². The lowest BCUT2D eigenvalue weighted by Crippen LogP contribution is -2.36. The maximum absolute atomic E-state index is 9.80. The summed E-state index contributed by atoms with van der Waals surface area (Å²) in [5.74, 6) is 0.804. The quantitative estimate of drug-likeness (QED) is 0.691. The van der Waals surface area contributed by atoms with Crippen LogP contribution in [0.15, 0.2) is 30.3 Å². The number of nitrogens with zero attached hydrogens (tertiary/aromatic N) is 1. The molecule has 0 saturated carbocycles. The van der Waals surface area contributed by atoms with Crippen LogP contribution >= 0.6 is 0 Å². The third-order valence-corrected chi connectivity index (χ3v) is 3.37. The molecule has 0 bridgehead atoms. The highest BCUT2D eigenvalue weighted by Crippen LogP contribution is 2.08. The van der Waals surface area contributed by atoms with Crippen molar-refractivity contribution in [2.45, 2.75) is 18.9 Å². The van der Waals surface area contributed by atoms with Crippen molar-refractivity contribution < 1.29 is 9.84 Å². The molecule has 1 fully saturated rings. The van der Waals surface area contributed by atoms with E-state index < -0.39 is 6.10 Å². The van der Waals surface area contributed by atoms with Crippen LogP contribution in [0.1, 0.15) is 12.8 Å². The molecule has 2 rings (SSSR count). The molecule has 0 aromatic heterocycles. The van der Waals surface area contributed by atoms with Gasteiger partial charge in [0.2, 0.25) is 0 Å². The monoisotopic (exact) mass is 264 g/mol. The number of ether oxygens (including phenoxy) is 1. The van der Waals surface area contributed by atoms with Crippen LogP contribution in [0.3, 0.4) is 0 Å². The average molecular weight is 264 g/mol. The van der Waals surface area contributed by atoms with Gasteiger partial charge in [0.25, 0.3) is 0 Å². The van der Waals surface area contributed by atoms with Crippen molar-refractivity contribution in [1.29, 1.82) is 0 Å². The molecule has 1 aromatic carbocycles. The van der Waals surface area contributed by atoms with E-state index in [0.29, 0.717) is 13.2 Å². The number of aliphatic hydroxyl groups is 1. The van der Waals surface area contributed by atoms with Gasteiger partial charge in [-0.1, -0.05) is 18.2 Å². The molecule has 4 nitrogen and oxygen atoms in total. The van der Waals surface area contributed by atoms with Crippen LogP contribution in [0.2, 0.25) is 0 Å². The summed E-state index contributed by atoms with van der Waals surface area (Å²) in [7, 11) is 0. The Morgan fingerprint density at radius 3 is 2.68 bits per heavy atom. The summed E-state index contributed by atoms with van der Waals surface area (Å²) >= 11 is 0. The predicted octanol–water partition coefficient (Wildman–Crippen LogP) is 1.11. The van der Waals surface area contributed by atoms with E-state index in [-0.39, 0.29) is 0 Å². The topological polar surface area (TPSA) is 44.7 Å². The lowest BCUT2D eigenvalue weighted by molar-refractivity contribution is 0.106. The summed E-state index contributed by atoms with van der Waals surface area (Å²) in [5, 5.41) is 13.1. The number of aliphatic hydroxyl groups excluding tert-OH is 1. The number of hydrogen-bond donors (Lipinski definition) is 2. The standard InChI is InChI=1S/C15H24N2O2/c18-14(13-19-15-6-2-1-3-7-15)12-16-8-11-17-9-4-5-10-17/h1-3,6-7,14,16,18H,4-5,8-13H2. The van der Waals surface area contributed by atoms with Crippen molar-refractivity contribution in [3.63, 3.8) is 0 Å². The Labute approximate surface area is 115 Å². The second-order valence-corrected chi connectivity index (χ2v) is 5.03. The first kappa shape index (κ1) is 14.3. The van der Waals surface area contributed by atoms with Gasteiger partial charge in [0, 0.05) is 19.6 Å². The molecule has 19 heavy (non-hydrogen) atoms. The molecule has 1 heterocycles. The van der Waals surface area contributed by atoms with Crippen molar-refractivity contribution in [3.05, 3.63) is 30.3 Å². The number of likely N-dealkylation sites (tertiary alicyclic amines) is 1. The largest absolute Gasteiger partial charge is 0.491 e. The van der Waals surface area contributed by atoms with E-state index in [1.165, 1.54) is 25.9 Å². The molecule has 0 spiro atoms. The van der Waals surface area contributed by atoms with Gasteiger partial charge in [0.1, 0.15) is 18.5 Å². The maximum Gasteiger partial charge on any atom is 0.119 e. The fourth-order valence-electron chi connectivity index (χ4n) is 2.28. The molecule has 4 heteroatoms. The zero-order valence-electron chi connectivity index (χ0n) is 11.4. The minimum atomic E-state index is -0.459. The Balaban J connectivity index is 1.51. The van der Waals surface area contributed by atoms with Gasteiger partial charge in [-0.05, 0) is 38.1 Å². The normalized spacial score (nSPS) is 17.5. The Bertz CT molecular complexity index is 339. The lowest BCUT2D eigenvalue weighted by Gasteiger charge is -2.16. The van der Waals surface area contributed by atoms with E-state index in [4.69, 9.17) is 4.74 Å². The minimum absolute atomic E-state index is 0.334. The SMILES string of the molecule is OC(CNCCN1CCCC1)COc1ccccc1. The van der Waals surface area contributed by atoms with E-state index in [2.05, 4.69) is 10.2 Å². The Morgan fingerprint density at radius 2 is 1.95 bits per heavy atom. The highest BCUT2D eigenvalue weighted by molar-refractivity contribution is 5.20. The summed E-state index contributed by atoms with van der Waals surface area (Å²) in [5.41, 5.74) is 0. The van der Waals surface area contributed by atoms with Gasteiger partial charge in [0.05, 0.1) is 0 Å². The molecule has 1 atom stereocenters. The zero-order chi connectivity index (χ0) is 13.3. The predicted molar refractivity (Wildman–Crippen MR) is 76.5 cm³/mol. The van der Waals surface area contributed by atoms with E-state index in [1.54, 1.807) is 0 Å². The molecule has 1 aliphatic rings. The van der Waals surface area contributed by atoms with Gasteiger partial charge in [-0.15, -0.1) is 0 Å². The highest BCUT2D eigenvalue weighted by atomic mass is 16.5.